The van der Waals surface area contributed by atoms with Crippen molar-refractivity contribution in [2.45, 2.75) is 13.5 Å². The molecule has 0 radical (unpaired) electrons. The van der Waals surface area contributed by atoms with Crippen molar-refractivity contribution in [1.29, 1.82) is 0 Å². The van der Waals surface area contributed by atoms with Crippen LogP contribution in [0.25, 0.3) is 22.4 Å². The first-order valence-electron chi connectivity index (χ1n) is 7.66. The van der Waals surface area contributed by atoms with Gasteiger partial charge in [0.1, 0.15) is 11.6 Å². The molecule has 7 heteroatoms. The van der Waals surface area contributed by atoms with E-state index in [1.807, 2.05) is 6.07 Å². The summed E-state index contributed by atoms with van der Waals surface area (Å²) in [5, 5.41) is 4.44. The molecule has 0 spiro atoms. The van der Waals surface area contributed by atoms with Gasteiger partial charge in [0.05, 0.1) is 17.4 Å². The molecule has 0 aliphatic rings. The number of fused-ring (bicyclic) bond motifs is 1. The van der Waals surface area contributed by atoms with Gasteiger partial charge in [-0.25, -0.2) is 9.37 Å². The molecule has 2 aromatic heterocycles. The Labute approximate surface area is 141 Å². The maximum atomic E-state index is 13.0. The fraction of sp³-hybridized carbons (Fsp3) is 0.111. The predicted molar refractivity (Wildman–Crippen MR) is 89.5 cm³/mol. The van der Waals surface area contributed by atoms with Crippen molar-refractivity contribution in [3.63, 3.8) is 0 Å². The van der Waals surface area contributed by atoms with E-state index in [0.29, 0.717) is 28.1 Å². The van der Waals surface area contributed by atoms with Gasteiger partial charge in [-0.15, -0.1) is 0 Å². The summed E-state index contributed by atoms with van der Waals surface area (Å²) in [7, 11) is 0. The molecule has 25 heavy (non-hydrogen) atoms. The van der Waals surface area contributed by atoms with Gasteiger partial charge < -0.3 is 4.52 Å². The van der Waals surface area contributed by atoms with Crippen LogP contribution in [0.15, 0.2) is 57.8 Å². The third kappa shape index (κ3) is 2.80. The van der Waals surface area contributed by atoms with Crippen molar-refractivity contribution >= 4 is 10.9 Å². The first-order valence-corrected chi connectivity index (χ1v) is 7.66. The molecule has 2 heterocycles. The molecule has 6 nitrogen and oxygen atoms in total. The first-order chi connectivity index (χ1) is 12.1. The fourth-order valence-electron chi connectivity index (χ4n) is 2.63. The van der Waals surface area contributed by atoms with Crippen LogP contribution >= 0.6 is 0 Å². The van der Waals surface area contributed by atoms with Crippen molar-refractivity contribution in [2.24, 2.45) is 0 Å². The molecule has 0 saturated heterocycles. The van der Waals surface area contributed by atoms with E-state index in [9.17, 15) is 9.18 Å². The SMILES string of the molecule is Cc1nc2ccccc2c(=O)n1Cc1noc(-c2ccc(F)cc2)n1. The third-order valence-electron chi connectivity index (χ3n) is 3.91. The minimum Gasteiger partial charge on any atom is -0.334 e. The van der Waals surface area contributed by atoms with E-state index in [-0.39, 0.29) is 23.8 Å². The zero-order chi connectivity index (χ0) is 17.4. The number of rotatable bonds is 3. The van der Waals surface area contributed by atoms with Crippen LogP contribution in [0.4, 0.5) is 4.39 Å². The van der Waals surface area contributed by atoms with E-state index in [4.69, 9.17) is 4.52 Å². The van der Waals surface area contributed by atoms with Crippen molar-refractivity contribution in [2.75, 3.05) is 0 Å². The molecule has 0 fully saturated rings. The standard InChI is InChI=1S/C18H13FN4O2/c1-11-20-15-5-3-2-4-14(15)18(24)23(11)10-16-21-17(25-22-16)12-6-8-13(19)9-7-12/h2-9H,10H2,1H3. The molecule has 0 N–H and O–H groups in total. The van der Waals surface area contributed by atoms with E-state index in [1.165, 1.54) is 16.7 Å². The second kappa shape index (κ2) is 5.94. The Kier molecular flexibility index (Phi) is 3.61. The zero-order valence-electron chi connectivity index (χ0n) is 13.3. The number of nitrogens with zero attached hydrogens (tertiary/aromatic N) is 4. The van der Waals surface area contributed by atoms with Gasteiger partial charge >= 0.3 is 0 Å². The lowest BCUT2D eigenvalue weighted by Gasteiger charge is -2.08. The molecular weight excluding hydrogens is 323 g/mol. The smallest absolute Gasteiger partial charge is 0.261 e. The number of benzene rings is 2. The molecule has 0 aliphatic carbocycles. The normalized spacial score (nSPS) is 11.1. The van der Waals surface area contributed by atoms with Crippen LogP contribution in [0.2, 0.25) is 0 Å². The Balaban J connectivity index is 1.70. The number of hydrogen-bond acceptors (Lipinski definition) is 5. The van der Waals surface area contributed by atoms with Gasteiger partial charge in [0, 0.05) is 5.56 Å². The summed E-state index contributed by atoms with van der Waals surface area (Å²) in [5.74, 6) is 0.848. The van der Waals surface area contributed by atoms with Crippen molar-refractivity contribution < 1.29 is 8.91 Å². The molecule has 4 aromatic rings. The van der Waals surface area contributed by atoms with Crippen LogP contribution in [-0.2, 0) is 6.54 Å². The summed E-state index contributed by atoms with van der Waals surface area (Å²) >= 11 is 0. The monoisotopic (exact) mass is 336 g/mol. The number of halogens is 1. The highest BCUT2D eigenvalue weighted by atomic mass is 19.1. The molecule has 0 aliphatic heterocycles. The summed E-state index contributed by atoms with van der Waals surface area (Å²) in [6, 6.07) is 12.9. The largest absolute Gasteiger partial charge is 0.334 e. The summed E-state index contributed by atoms with van der Waals surface area (Å²) in [6.45, 7) is 1.90. The van der Waals surface area contributed by atoms with E-state index in [2.05, 4.69) is 15.1 Å². The van der Waals surface area contributed by atoms with Crippen LogP contribution in [0.3, 0.4) is 0 Å². The van der Waals surface area contributed by atoms with E-state index >= 15 is 0 Å². The van der Waals surface area contributed by atoms with Gasteiger partial charge in [0.25, 0.3) is 11.4 Å². The average Bonchev–Trinajstić information content (AvgIpc) is 3.08. The number of aromatic nitrogens is 4. The van der Waals surface area contributed by atoms with Gasteiger partial charge in [0.2, 0.25) is 0 Å². The maximum Gasteiger partial charge on any atom is 0.261 e. The predicted octanol–water partition coefficient (Wildman–Crippen LogP) is 2.94. The third-order valence-corrected chi connectivity index (χ3v) is 3.91. The number of hydrogen-bond donors (Lipinski definition) is 0. The number of para-hydroxylation sites is 1. The van der Waals surface area contributed by atoms with E-state index < -0.39 is 0 Å². The lowest BCUT2D eigenvalue weighted by atomic mass is 10.2. The molecule has 4 rings (SSSR count). The van der Waals surface area contributed by atoms with Crippen molar-refractivity contribution in [3.05, 3.63) is 76.4 Å². The Hall–Kier alpha value is -3.35. The fourth-order valence-corrected chi connectivity index (χ4v) is 2.63. The van der Waals surface area contributed by atoms with E-state index in [0.717, 1.165) is 0 Å². The lowest BCUT2D eigenvalue weighted by molar-refractivity contribution is 0.419. The Morgan fingerprint density at radius 2 is 1.84 bits per heavy atom. The molecule has 0 amide bonds. The molecular formula is C18H13FN4O2. The highest BCUT2D eigenvalue weighted by molar-refractivity contribution is 5.77. The quantitative estimate of drug-likeness (QED) is 0.575. The van der Waals surface area contributed by atoms with Gasteiger partial charge in [-0.05, 0) is 43.3 Å². The maximum absolute atomic E-state index is 13.0. The molecule has 0 atom stereocenters. The second-order valence-corrected chi connectivity index (χ2v) is 5.59. The van der Waals surface area contributed by atoms with Crippen molar-refractivity contribution in [3.8, 4) is 11.5 Å². The van der Waals surface area contributed by atoms with Crippen LogP contribution in [0.5, 0.6) is 0 Å². The minimum atomic E-state index is -0.340. The Morgan fingerprint density at radius 3 is 2.64 bits per heavy atom. The van der Waals surface area contributed by atoms with Crippen molar-refractivity contribution in [1.82, 2.24) is 19.7 Å². The molecule has 0 bridgehead atoms. The summed E-state index contributed by atoms with van der Waals surface area (Å²) < 4.78 is 19.7. The second-order valence-electron chi connectivity index (χ2n) is 5.59. The summed E-state index contributed by atoms with van der Waals surface area (Å²) in [6.07, 6.45) is 0. The number of aryl methyl sites for hydroxylation is 1. The minimum absolute atomic E-state index is 0.146. The van der Waals surface area contributed by atoms with Crippen LogP contribution in [0, 0.1) is 12.7 Å². The Morgan fingerprint density at radius 1 is 1.08 bits per heavy atom. The topological polar surface area (TPSA) is 73.8 Å². The molecule has 2 aromatic carbocycles. The zero-order valence-corrected chi connectivity index (χ0v) is 13.3. The molecule has 0 saturated carbocycles. The Bertz CT molecular complexity index is 1120. The molecule has 124 valence electrons. The van der Waals surface area contributed by atoms with Crippen LogP contribution < -0.4 is 5.56 Å². The summed E-state index contributed by atoms with van der Waals surface area (Å²) in [4.78, 5) is 21.4. The van der Waals surface area contributed by atoms with Gasteiger partial charge in [0.15, 0.2) is 5.82 Å². The highest BCUT2D eigenvalue weighted by Gasteiger charge is 2.13. The molecule has 0 unspecified atom stereocenters. The average molecular weight is 336 g/mol. The van der Waals surface area contributed by atoms with Crippen LogP contribution in [0.1, 0.15) is 11.6 Å². The van der Waals surface area contributed by atoms with Gasteiger partial charge in [-0.3, -0.25) is 9.36 Å². The highest BCUT2D eigenvalue weighted by Crippen LogP contribution is 2.17. The van der Waals surface area contributed by atoms with Gasteiger partial charge in [-0.2, -0.15) is 4.98 Å². The van der Waals surface area contributed by atoms with Gasteiger partial charge in [-0.1, -0.05) is 17.3 Å². The summed E-state index contributed by atoms with van der Waals surface area (Å²) in [5.41, 5.74) is 1.11. The first kappa shape index (κ1) is 15.2. The van der Waals surface area contributed by atoms with E-state index in [1.54, 1.807) is 37.3 Å². The lowest BCUT2D eigenvalue weighted by Crippen LogP contribution is -2.24. The van der Waals surface area contributed by atoms with Crippen LogP contribution in [-0.4, -0.2) is 19.7 Å².